The van der Waals surface area contributed by atoms with Gasteiger partial charge in [0.1, 0.15) is 5.75 Å². The summed E-state index contributed by atoms with van der Waals surface area (Å²) >= 11 is 0. The summed E-state index contributed by atoms with van der Waals surface area (Å²) in [5, 5.41) is 3.09. The fraction of sp³-hybridized carbons (Fsp3) is 0.364. The molecule has 1 aliphatic rings. The number of methoxy groups -OCH3 is 1. The molecule has 74 valence electrons. The highest BCUT2D eigenvalue weighted by Crippen LogP contribution is 2.19. The van der Waals surface area contributed by atoms with Crippen LogP contribution in [0.15, 0.2) is 18.2 Å². The first kappa shape index (κ1) is 9.21. The van der Waals surface area contributed by atoms with Crippen LogP contribution in [0, 0.1) is 0 Å². The lowest BCUT2D eigenvalue weighted by atomic mass is 10.0. The first-order valence-corrected chi connectivity index (χ1v) is 4.72. The highest BCUT2D eigenvalue weighted by atomic mass is 16.5. The van der Waals surface area contributed by atoms with Crippen LogP contribution < -0.4 is 10.1 Å². The molecule has 0 saturated heterocycles. The fourth-order valence-corrected chi connectivity index (χ4v) is 1.70. The van der Waals surface area contributed by atoms with Gasteiger partial charge < -0.3 is 10.1 Å². The van der Waals surface area contributed by atoms with Gasteiger partial charge in [0.15, 0.2) is 5.78 Å². The Balaban J connectivity index is 2.43. The zero-order valence-corrected chi connectivity index (χ0v) is 8.17. The van der Waals surface area contributed by atoms with E-state index in [0.717, 1.165) is 29.8 Å². The largest absolute Gasteiger partial charge is 0.497 e. The van der Waals surface area contributed by atoms with Crippen molar-refractivity contribution < 1.29 is 9.53 Å². The van der Waals surface area contributed by atoms with Crippen molar-refractivity contribution in [3.8, 4) is 5.75 Å². The van der Waals surface area contributed by atoms with Gasteiger partial charge in [-0.05, 0) is 36.7 Å². The summed E-state index contributed by atoms with van der Waals surface area (Å²) < 4.78 is 5.12. The van der Waals surface area contributed by atoms with Crippen LogP contribution >= 0.6 is 0 Å². The van der Waals surface area contributed by atoms with Gasteiger partial charge in [-0.1, -0.05) is 0 Å². The van der Waals surface area contributed by atoms with E-state index < -0.39 is 0 Å². The van der Waals surface area contributed by atoms with E-state index in [2.05, 4.69) is 5.32 Å². The Kier molecular flexibility index (Phi) is 2.50. The van der Waals surface area contributed by atoms with Crippen molar-refractivity contribution in [3.63, 3.8) is 0 Å². The van der Waals surface area contributed by atoms with Crippen molar-refractivity contribution in [3.05, 3.63) is 29.3 Å². The maximum absolute atomic E-state index is 11.6. The molecule has 0 saturated carbocycles. The lowest BCUT2D eigenvalue weighted by molar-refractivity contribution is 0.0994. The number of carbonyl (C=O) groups excluding carboxylic acids is 1. The molecule has 14 heavy (non-hydrogen) atoms. The Morgan fingerprint density at radius 2 is 2.29 bits per heavy atom. The highest BCUT2D eigenvalue weighted by molar-refractivity contribution is 5.99. The number of rotatable bonds is 1. The van der Waals surface area contributed by atoms with Gasteiger partial charge in [0.05, 0.1) is 13.7 Å². The average molecular weight is 191 g/mol. The SMILES string of the molecule is COc1ccc2c(c1)CCNCC2=O. The van der Waals surface area contributed by atoms with Gasteiger partial charge in [-0.25, -0.2) is 0 Å². The number of nitrogens with one attached hydrogen (secondary N) is 1. The number of hydrogen-bond donors (Lipinski definition) is 1. The maximum Gasteiger partial charge on any atom is 0.176 e. The Morgan fingerprint density at radius 1 is 1.43 bits per heavy atom. The molecular weight excluding hydrogens is 178 g/mol. The normalized spacial score (nSPS) is 15.9. The van der Waals surface area contributed by atoms with Crippen molar-refractivity contribution in [2.75, 3.05) is 20.2 Å². The predicted octanol–water partition coefficient (Wildman–Crippen LogP) is 1.02. The number of ketones is 1. The predicted molar refractivity (Wildman–Crippen MR) is 53.9 cm³/mol. The van der Waals surface area contributed by atoms with E-state index in [1.165, 1.54) is 0 Å². The quantitative estimate of drug-likeness (QED) is 0.720. The van der Waals surface area contributed by atoms with Crippen LogP contribution in [0.2, 0.25) is 0 Å². The number of ether oxygens (including phenoxy) is 1. The van der Waals surface area contributed by atoms with Crippen molar-refractivity contribution >= 4 is 5.78 Å². The van der Waals surface area contributed by atoms with Crippen molar-refractivity contribution in [2.45, 2.75) is 6.42 Å². The molecule has 3 heteroatoms. The maximum atomic E-state index is 11.6. The highest BCUT2D eigenvalue weighted by Gasteiger charge is 2.14. The Morgan fingerprint density at radius 3 is 3.07 bits per heavy atom. The van der Waals surface area contributed by atoms with Crippen molar-refractivity contribution in [1.29, 1.82) is 0 Å². The number of Topliss-reactive ketones (excluding diaryl/α,β-unsaturated/α-hetero) is 1. The zero-order valence-electron chi connectivity index (χ0n) is 8.17. The van der Waals surface area contributed by atoms with Gasteiger partial charge in [0.25, 0.3) is 0 Å². The molecule has 3 nitrogen and oxygen atoms in total. The topological polar surface area (TPSA) is 38.3 Å². The molecule has 1 heterocycles. The van der Waals surface area contributed by atoms with Crippen LogP contribution in [0.25, 0.3) is 0 Å². The molecule has 0 radical (unpaired) electrons. The Hall–Kier alpha value is -1.35. The van der Waals surface area contributed by atoms with Crippen molar-refractivity contribution in [2.24, 2.45) is 0 Å². The lowest BCUT2D eigenvalue weighted by Gasteiger charge is -2.06. The van der Waals surface area contributed by atoms with Crippen LogP contribution in [0.1, 0.15) is 15.9 Å². The minimum absolute atomic E-state index is 0.167. The third kappa shape index (κ3) is 1.63. The molecule has 1 aliphatic heterocycles. The van der Waals surface area contributed by atoms with Gasteiger partial charge in [-0.15, -0.1) is 0 Å². The standard InChI is InChI=1S/C11H13NO2/c1-14-9-2-3-10-8(6-9)4-5-12-7-11(10)13/h2-3,6,12H,4-5,7H2,1H3. The zero-order chi connectivity index (χ0) is 9.97. The summed E-state index contributed by atoms with van der Waals surface area (Å²) in [6, 6.07) is 5.63. The second-order valence-corrected chi connectivity index (χ2v) is 3.37. The van der Waals surface area contributed by atoms with Gasteiger partial charge in [-0.3, -0.25) is 4.79 Å². The monoisotopic (exact) mass is 191 g/mol. The van der Waals surface area contributed by atoms with Crippen LogP contribution in [0.3, 0.4) is 0 Å². The Labute approximate surface area is 83.1 Å². The molecule has 0 unspecified atom stereocenters. The second kappa shape index (κ2) is 3.80. The molecule has 0 amide bonds. The summed E-state index contributed by atoms with van der Waals surface area (Å²) in [6.45, 7) is 1.30. The van der Waals surface area contributed by atoms with E-state index >= 15 is 0 Å². The molecule has 1 N–H and O–H groups in total. The van der Waals surface area contributed by atoms with E-state index in [1.807, 2.05) is 18.2 Å². The summed E-state index contributed by atoms with van der Waals surface area (Å²) in [5.41, 5.74) is 1.91. The van der Waals surface area contributed by atoms with E-state index in [1.54, 1.807) is 7.11 Å². The van der Waals surface area contributed by atoms with E-state index in [4.69, 9.17) is 4.74 Å². The smallest absolute Gasteiger partial charge is 0.176 e. The van der Waals surface area contributed by atoms with Crippen LogP contribution in [0.4, 0.5) is 0 Å². The molecule has 1 aromatic carbocycles. The lowest BCUT2D eigenvalue weighted by Crippen LogP contribution is -2.21. The average Bonchev–Trinajstić information content (AvgIpc) is 2.40. The van der Waals surface area contributed by atoms with Crippen LogP contribution in [0.5, 0.6) is 5.75 Å². The number of hydrogen-bond acceptors (Lipinski definition) is 3. The first-order chi connectivity index (χ1) is 6.81. The minimum atomic E-state index is 0.167. The number of carbonyl (C=O) groups is 1. The molecule has 0 spiro atoms. The van der Waals surface area contributed by atoms with E-state index in [0.29, 0.717) is 6.54 Å². The molecule has 1 aromatic rings. The van der Waals surface area contributed by atoms with Gasteiger partial charge in [-0.2, -0.15) is 0 Å². The van der Waals surface area contributed by atoms with Crippen LogP contribution in [-0.4, -0.2) is 26.0 Å². The summed E-state index contributed by atoms with van der Waals surface area (Å²) in [7, 11) is 1.64. The third-order valence-corrected chi connectivity index (χ3v) is 2.47. The number of fused-ring (bicyclic) bond motifs is 1. The van der Waals surface area contributed by atoms with Crippen molar-refractivity contribution in [1.82, 2.24) is 5.32 Å². The first-order valence-electron chi connectivity index (χ1n) is 4.72. The molecule has 0 bridgehead atoms. The second-order valence-electron chi connectivity index (χ2n) is 3.37. The molecule has 2 rings (SSSR count). The molecule has 0 aromatic heterocycles. The van der Waals surface area contributed by atoms with E-state index in [9.17, 15) is 4.79 Å². The number of benzene rings is 1. The summed E-state index contributed by atoms with van der Waals surface area (Å²) in [5.74, 6) is 0.985. The van der Waals surface area contributed by atoms with E-state index in [-0.39, 0.29) is 5.78 Å². The molecule has 0 aliphatic carbocycles. The minimum Gasteiger partial charge on any atom is -0.497 e. The van der Waals surface area contributed by atoms with Crippen LogP contribution in [-0.2, 0) is 6.42 Å². The van der Waals surface area contributed by atoms with Gasteiger partial charge in [0, 0.05) is 5.56 Å². The van der Waals surface area contributed by atoms with Gasteiger partial charge in [0.2, 0.25) is 0 Å². The third-order valence-electron chi connectivity index (χ3n) is 2.47. The fourth-order valence-electron chi connectivity index (χ4n) is 1.70. The molecule has 0 atom stereocenters. The van der Waals surface area contributed by atoms with Gasteiger partial charge >= 0.3 is 0 Å². The molecular formula is C11H13NO2. The molecule has 0 fully saturated rings. The summed E-state index contributed by atoms with van der Waals surface area (Å²) in [6.07, 6.45) is 0.887. The summed E-state index contributed by atoms with van der Waals surface area (Å²) in [4.78, 5) is 11.6. The Bertz CT molecular complexity index is 360.